The lowest BCUT2D eigenvalue weighted by Crippen LogP contribution is -2.39. The van der Waals surface area contributed by atoms with Gasteiger partial charge in [-0.1, -0.05) is 0 Å². The molecule has 1 fully saturated rings. The van der Waals surface area contributed by atoms with Crippen molar-refractivity contribution in [3.05, 3.63) is 32.6 Å². The Bertz CT molecular complexity index is 634. The lowest BCUT2D eigenvalue weighted by molar-refractivity contribution is -0.0550. The fourth-order valence-electron chi connectivity index (χ4n) is 2.03. The summed E-state index contributed by atoms with van der Waals surface area (Å²) >= 11 is 0. The van der Waals surface area contributed by atoms with Gasteiger partial charge in [0.05, 0.1) is 12.2 Å². The third kappa shape index (κ3) is 2.31. The van der Waals surface area contributed by atoms with Crippen molar-refractivity contribution in [1.29, 1.82) is 0 Å². The van der Waals surface area contributed by atoms with Crippen LogP contribution in [0.1, 0.15) is 23.5 Å². The molecule has 4 atom stereocenters. The maximum atomic E-state index is 11.7. The zero-order valence-electron chi connectivity index (χ0n) is 10.5. The highest BCUT2D eigenvalue weighted by Crippen LogP contribution is 2.27. The van der Waals surface area contributed by atoms with Crippen LogP contribution >= 0.6 is 0 Å². The summed E-state index contributed by atoms with van der Waals surface area (Å²) < 4.78 is 5.96. The average molecular weight is 286 g/mol. The standard InChI is InChI=1S/C11H14N2O7/c1-4(15)5-2-13(11(19)12-9(5)18)10-8(17)7(16)6(3-14)20-10/h2,6-8,10,14,16-17H,3H2,1H3,(H,12,18,19)/t6-,7?,8?,10-/m0/s1. The van der Waals surface area contributed by atoms with Crippen molar-refractivity contribution in [2.45, 2.75) is 31.5 Å². The van der Waals surface area contributed by atoms with Crippen LogP contribution < -0.4 is 11.2 Å². The zero-order valence-corrected chi connectivity index (χ0v) is 10.5. The molecule has 0 spiro atoms. The van der Waals surface area contributed by atoms with Gasteiger partial charge in [0.1, 0.15) is 18.3 Å². The number of aromatic amines is 1. The van der Waals surface area contributed by atoms with Gasteiger partial charge in [-0.3, -0.25) is 19.1 Å². The van der Waals surface area contributed by atoms with E-state index in [1.165, 1.54) is 0 Å². The Balaban J connectivity index is 2.48. The van der Waals surface area contributed by atoms with Crippen LogP contribution in [0.4, 0.5) is 0 Å². The van der Waals surface area contributed by atoms with Crippen molar-refractivity contribution in [3.63, 3.8) is 0 Å². The highest BCUT2D eigenvalue weighted by atomic mass is 16.6. The van der Waals surface area contributed by atoms with E-state index < -0.39 is 48.2 Å². The van der Waals surface area contributed by atoms with Crippen LogP contribution in [0.25, 0.3) is 0 Å². The summed E-state index contributed by atoms with van der Waals surface area (Å²) in [5.41, 5.74) is -2.01. The molecule has 9 heteroatoms. The Kier molecular flexibility index (Phi) is 3.86. The molecule has 0 bridgehead atoms. The van der Waals surface area contributed by atoms with Gasteiger partial charge in [0.25, 0.3) is 5.56 Å². The summed E-state index contributed by atoms with van der Waals surface area (Å²) in [4.78, 5) is 36.4. The Labute approximate surface area is 112 Å². The van der Waals surface area contributed by atoms with Crippen molar-refractivity contribution in [1.82, 2.24) is 9.55 Å². The maximum Gasteiger partial charge on any atom is 0.330 e. The van der Waals surface area contributed by atoms with E-state index in [4.69, 9.17) is 9.84 Å². The number of nitrogens with zero attached hydrogens (tertiary/aromatic N) is 1. The molecule has 0 aliphatic carbocycles. The van der Waals surface area contributed by atoms with Crippen LogP contribution in [-0.4, -0.2) is 55.6 Å². The van der Waals surface area contributed by atoms with Crippen molar-refractivity contribution in [2.75, 3.05) is 6.61 Å². The van der Waals surface area contributed by atoms with Gasteiger partial charge in [-0.2, -0.15) is 0 Å². The average Bonchev–Trinajstić information content (AvgIpc) is 2.66. The van der Waals surface area contributed by atoms with Gasteiger partial charge in [0, 0.05) is 6.20 Å². The van der Waals surface area contributed by atoms with E-state index in [-0.39, 0.29) is 5.56 Å². The number of H-pyrrole nitrogens is 1. The summed E-state index contributed by atoms with van der Waals surface area (Å²) in [6.07, 6.45) is -4.26. The molecule has 1 aromatic heterocycles. The van der Waals surface area contributed by atoms with Crippen LogP contribution in [0.3, 0.4) is 0 Å². The van der Waals surface area contributed by atoms with Gasteiger partial charge in [0.15, 0.2) is 12.0 Å². The van der Waals surface area contributed by atoms with Gasteiger partial charge < -0.3 is 20.1 Å². The number of aromatic nitrogens is 2. The van der Waals surface area contributed by atoms with Crippen molar-refractivity contribution in [3.8, 4) is 0 Å². The smallest absolute Gasteiger partial charge is 0.330 e. The predicted octanol–water partition coefficient (Wildman–Crippen LogP) is -2.65. The number of Topliss-reactive ketones (excluding diaryl/α,β-unsaturated/α-hetero) is 1. The van der Waals surface area contributed by atoms with E-state index in [0.717, 1.165) is 17.7 Å². The largest absolute Gasteiger partial charge is 0.394 e. The predicted molar refractivity (Wildman–Crippen MR) is 64.3 cm³/mol. The Morgan fingerprint density at radius 3 is 2.55 bits per heavy atom. The zero-order chi connectivity index (χ0) is 15.0. The number of aliphatic hydroxyl groups is 3. The van der Waals surface area contributed by atoms with Crippen LogP contribution in [0.15, 0.2) is 15.8 Å². The van der Waals surface area contributed by atoms with Gasteiger partial charge in [-0.15, -0.1) is 0 Å². The summed E-state index contributed by atoms with van der Waals surface area (Å²) in [5, 5.41) is 28.4. The monoisotopic (exact) mass is 286 g/mol. The van der Waals surface area contributed by atoms with Crippen molar-refractivity contribution >= 4 is 5.78 Å². The molecular weight excluding hydrogens is 272 g/mol. The number of hydrogen-bond donors (Lipinski definition) is 4. The first-order valence-electron chi connectivity index (χ1n) is 5.85. The number of nitrogens with one attached hydrogen (secondary N) is 1. The molecule has 1 aromatic rings. The first-order chi connectivity index (χ1) is 9.36. The minimum atomic E-state index is -1.48. The number of aliphatic hydroxyl groups excluding tert-OH is 3. The van der Waals surface area contributed by atoms with Gasteiger partial charge in [-0.05, 0) is 6.92 Å². The van der Waals surface area contributed by atoms with Crippen molar-refractivity contribution < 1.29 is 24.9 Å². The van der Waals surface area contributed by atoms with E-state index in [1.54, 1.807) is 0 Å². The summed E-state index contributed by atoms with van der Waals surface area (Å²) in [5.74, 6) is -0.563. The van der Waals surface area contributed by atoms with E-state index in [9.17, 15) is 24.6 Å². The maximum absolute atomic E-state index is 11.7. The number of ketones is 1. The van der Waals surface area contributed by atoms with Gasteiger partial charge in [0.2, 0.25) is 0 Å². The SMILES string of the molecule is CC(=O)c1cn([C@H]2O[C@@H](CO)C(O)C2O)c(=O)[nH]c1=O. The second-order valence-electron chi connectivity index (χ2n) is 4.49. The summed E-state index contributed by atoms with van der Waals surface area (Å²) in [7, 11) is 0. The number of hydrogen-bond acceptors (Lipinski definition) is 7. The fraction of sp³-hybridized carbons (Fsp3) is 0.545. The third-order valence-corrected chi connectivity index (χ3v) is 3.14. The molecule has 2 unspecified atom stereocenters. The second kappa shape index (κ2) is 5.29. The normalized spacial score (nSPS) is 29.6. The molecule has 1 aliphatic rings. The minimum Gasteiger partial charge on any atom is -0.394 e. The molecule has 20 heavy (non-hydrogen) atoms. The van der Waals surface area contributed by atoms with Crippen LogP contribution in [-0.2, 0) is 4.74 Å². The fourth-order valence-corrected chi connectivity index (χ4v) is 2.03. The molecule has 0 aromatic carbocycles. The number of ether oxygens (including phenoxy) is 1. The van der Waals surface area contributed by atoms with E-state index in [1.807, 2.05) is 4.98 Å². The molecule has 110 valence electrons. The van der Waals surface area contributed by atoms with E-state index >= 15 is 0 Å². The van der Waals surface area contributed by atoms with Gasteiger partial charge >= 0.3 is 5.69 Å². The molecule has 2 rings (SSSR count). The second-order valence-corrected chi connectivity index (χ2v) is 4.49. The Morgan fingerprint density at radius 2 is 2.05 bits per heavy atom. The summed E-state index contributed by atoms with van der Waals surface area (Å²) in [6, 6.07) is 0. The number of carbonyl (C=O) groups is 1. The Morgan fingerprint density at radius 1 is 1.40 bits per heavy atom. The first kappa shape index (κ1) is 14.6. The van der Waals surface area contributed by atoms with Gasteiger partial charge in [-0.25, -0.2) is 4.79 Å². The molecule has 1 aliphatic heterocycles. The lowest BCUT2D eigenvalue weighted by atomic mass is 10.1. The first-order valence-corrected chi connectivity index (χ1v) is 5.85. The molecule has 9 nitrogen and oxygen atoms in total. The van der Waals surface area contributed by atoms with Crippen molar-refractivity contribution in [2.24, 2.45) is 0 Å². The highest BCUT2D eigenvalue weighted by Gasteiger charge is 2.43. The van der Waals surface area contributed by atoms with Crippen LogP contribution in [0, 0.1) is 0 Å². The highest BCUT2D eigenvalue weighted by molar-refractivity contribution is 5.93. The molecule has 0 amide bonds. The molecule has 2 heterocycles. The molecule has 4 N–H and O–H groups in total. The number of carbonyl (C=O) groups excluding carboxylic acids is 1. The summed E-state index contributed by atoms with van der Waals surface area (Å²) in [6.45, 7) is 0.600. The third-order valence-electron chi connectivity index (χ3n) is 3.14. The Hall–Kier alpha value is -1.81. The number of rotatable bonds is 3. The lowest BCUT2D eigenvalue weighted by Gasteiger charge is -2.17. The minimum absolute atomic E-state index is 0.276. The topological polar surface area (TPSA) is 142 Å². The molecular formula is C11H14N2O7. The molecule has 1 saturated heterocycles. The van der Waals surface area contributed by atoms with Crippen LogP contribution in [0.2, 0.25) is 0 Å². The van der Waals surface area contributed by atoms with Crippen LogP contribution in [0.5, 0.6) is 0 Å². The molecule has 0 saturated carbocycles. The van der Waals surface area contributed by atoms with E-state index in [2.05, 4.69) is 0 Å². The quantitative estimate of drug-likeness (QED) is 0.444. The molecule has 0 radical (unpaired) electrons. The van der Waals surface area contributed by atoms with E-state index in [0.29, 0.717) is 0 Å².